The molecule has 0 bridgehead atoms. The predicted molar refractivity (Wildman–Crippen MR) is 103 cm³/mol. The van der Waals surface area contributed by atoms with Gasteiger partial charge in [0, 0.05) is 38.5 Å². The summed E-state index contributed by atoms with van der Waals surface area (Å²) in [6.45, 7) is 9.49. The third-order valence-electron chi connectivity index (χ3n) is 4.60. The van der Waals surface area contributed by atoms with Gasteiger partial charge < -0.3 is 19.9 Å². The number of benzene rings is 1. The molecule has 0 aromatic heterocycles. The van der Waals surface area contributed by atoms with E-state index in [1.165, 1.54) is 5.69 Å². The number of ether oxygens (including phenoxy) is 1. The molecule has 1 saturated heterocycles. The standard InChI is InChI=1S/C20H31N3O3/c1-16(2)9-14-26-17(3)20(25)21-15-19(24)23-12-10-22(11-13-23)18-7-5-4-6-8-18/h4-8,16-17H,9-15H2,1-3H3,(H,21,25). The van der Waals surface area contributed by atoms with Gasteiger partial charge in [0.2, 0.25) is 11.8 Å². The molecule has 144 valence electrons. The number of para-hydroxylation sites is 1. The molecule has 1 aromatic rings. The summed E-state index contributed by atoms with van der Waals surface area (Å²) in [5.41, 5.74) is 1.18. The number of hydrogen-bond donors (Lipinski definition) is 1. The minimum atomic E-state index is -0.531. The summed E-state index contributed by atoms with van der Waals surface area (Å²) in [5.74, 6) is 0.270. The fourth-order valence-corrected chi connectivity index (χ4v) is 2.83. The van der Waals surface area contributed by atoms with E-state index in [0.717, 1.165) is 19.5 Å². The largest absolute Gasteiger partial charge is 0.369 e. The van der Waals surface area contributed by atoms with Crippen molar-refractivity contribution >= 4 is 17.5 Å². The number of amides is 2. The Hall–Kier alpha value is -2.08. The van der Waals surface area contributed by atoms with Gasteiger partial charge in [-0.2, -0.15) is 0 Å². The summed E-state index contributed by atoms with van der Waals surface area (Å²) >= 11 is 0. The number of rotatable bonds is 8. The van der Waals surface area contributed by atoms with Gasteiger partial charge in [0.05, 0.1) is 6.54 Å². The number of piperazine rings is 1. The molecule has 1 aromatic carbocycles. The summed E-state index contributed by atoms with van der Waals surface area (Å²) in [7, 11) is 0. The van der Waals surface area contributed by atoms with Gasteiger partial charge >= 0.3 is 0 Å². The highest BCUT2D eigenvalue weighted by Crippen LogP contribution is 2.15. The Labute approximate surface area is 156 Å². The SMILES string of the molecule is CC(C)CCOC(C)C(=O)NCC(=O)N1CCN(c2ccccc2)CC1. The van der Waals surface area contributed by atoms with Crippen molar-refractivity contribution in [2.75, 3.05) is 44.2 Å². The lowest BCUT2D eigenvalue weighted by atomic mass is 10.1. The molecule has 1 atom stereocenters. The van der Waals surface area contributed by atoms with Crippen molar-refractivity contribution < 1.29 is 14.3 Å². The van der Waals surface area contributed by atoms with Crippen LogP contribution in [0, 0.1) is 5.92 Å². The molecular weight excluding hydrogens is 330 g/mol. The van der Waals surface area contributed by atoms with Crippen LogP contribution in [0.1, 0.15) is 27.2 Å². The van der Waals surface area contributed by atoms with E-state index in [0.29, 0.717) is 25.6 Å². The molecule has 6 heteroatoms. The quantitative estimate of drug-likeness (QED) is 0.768. The third-order valence-corrected chi connectivity index (χ3v) is 4.60. The van der Waals surface area contributed by atoms with Crippen molar-refractivity contribution in [1.29, 1.82) is 0 Å². The lowest BCUT2D eigenvalue weighted by Crippen LogP contribution is -2.51. The topological polar surface area (TPSA) is 61.9 Å². The van der Waals surface area contributed by atoms with E-state index in [1.807, 2.05) is 23.1 Å². The number of nitrogens with one attached hydrogen (secondary N) is 1. The Kier molecular flexibility index (Phi) is 7.91. The molecule has 2 rings (SSSR count). The van der Waals surface area contributed by atoms with Crippen molar-refractivity contribution in [3.05, 3.63) is 30.3 Å². The van der Waals surface area contributed by atoms with Crippen LogP contribution in [0.25, 0.3) is 0 Å². The van der Waals surface area contributed by atoms with Crippen LogP contribution >= 0.6 is 0 Å². The lowest BCUT2D eigenvalue weighted by molar-refractivity contribution is -0.137. The van der Waals surface area contributed by atoms with E-state index in [1.54, 1.807) is 6.92 Å². The van der Waals surface area contributed by atoms with E-state index in [2.05, 4.69) is 36.2 Å². The monoisotopic (exact) mass is 361 g/mol. The Morgan fingerprint density at radius 1 is 1.08 bits per heavy atom. The van der Waals surface area contributed by atoms with Crippen LogP contribution in [0.5, 0.6) is 0 Å². The molecule has 1 unspecified atom stereocenters. The molecule has 6 nitrogen and oxygen atoms in total. The molecule has 1 heterocycles. The van der Waals surface area contributed by atoms with Gasteiger partial charge in [0.15, 0.2) is 0 Å². The molecule has 0 radical (unpaired) electrons. The Bertz CT molecular complexity index is 569. The fourth-order valence-electron chi connectivity index (χ4n) is 2.83. The highest BCUT2D eigenvalue weighted by Gasteiger charge is 2.22. The number of hydrogen-bond acceptors (Lipinski definition) is 4. The summed E-state index contributed by atoms with van der Waals surface area (Å²) in [4.78, 5) is 28.4. The van der Waals surface area contributed by atoms with Crippen molar-refractivity contribution in [1.82, 2.24) is 10.2 Å². The van der Waals surface area contributed by atoms with Gasteiger partial charge in [0.1, 0.15) is 6.10 Å². The maximum Gasteiger partial charge on any atom is 0.249 e. The average molecular weight is 361 g/mol. The minimum Gasteiger partial charge on any atom is -0.369 e. The number of carbonyl (C=O) groups is 2. The fraction of sp³-hybridized carbons (Fsp3) is 0.600. The first kappa shape index (κ1) is 20.2. The molecule has 1 aliphatic rings. The molecule has 0 saturated carbocycles. The normalized spacial score (nSPS) is 15.8. The molecule has 2 amide bonds. The van der Waals surface area contributed by atoms with Crippen molar-refractivity contribution in [2.45, 2.75) is 33.3 Å². The van der Waals surface area contributed by atoms with E-state index < -0.39 is 6.10 Å². The second-order valence-electron chi connectivity index (χ2n) is 7.12. The molecule has 1 N–H and O–H groups in total. The number of carbonyl (C=O) groups excluding carboxylic acids is 2. The van der Waals surface area contributed by atoms with E-state index in [9.17, 15) is 9.59 Å². The highest BCUT2D eigenvalue weighted by atomic mass is 16.5. The van der Waals surface area contributed by atoms with Crippen LogP contribution in [0.4, 0.5) is 5.69 Å². The molecule has 26 heavy (non-hydrogen) atoms. The van der Waals surface area contributed by atoms with Crippen LogP contribution in [0.15, 0.2) is 30.3 Å². The Morgan fingerprint density at radius 2 is 1.73 bits per heavy atom. The van der Waals surface area contributed by atoms with Gasteiger partial charge in [-0.3, -0.25) is 9.59 Å². The van der Waals surface area contributed by atoms with Gasteiger partial charge in [-0.25, -0.2) is 0 Å². The minimum absolute atomic E-state index is 0.0298. The smallest absolute Gasteiger partial charge is 0.249 e. The zero-order valence-corrected chi connectivity index (χ0v) is 16.1. The van der Waals surface area contributed by atoms with Crippen molar-refractivity contribution in [2.24, 2.45) is 5.92 Å². The van der Waals surface area contributed by atoms with Gasteiger partial charge in [-0.05, 0) is 31.4 Å². The summed E-state index contributed by atoms with van der Waals surface area (Å²) in [5, 5.41) is 2.69. The Balaban J connectivity index is 1.68. The lowest BCUT2D eigenvalue weighted by Gasteiger charge is -2.36. The van der Waals surface area contributed by atoms with Crippen LogP contribution in [0.2, 0.25) is 0 Å². The maximum atomic E-state index is 12.3. The first-order chi connectivity index (χ1) is 12.5. The van der Waals surface area contributed by atoms with Crippen molar-refractivity contribution in [3.63, 3.8) is 0 Å². The van der Waals surface area contributed by atoms with Gasteiger partial charge in [-0.1, -0.05) is 32.0 Å². The second-order valence-corrected chi connectivity index (χ2v) is 7.12. The molecule has 1 fully saturated rings. The Morgan fingerprint density at radius 3 is 2.35 bits per heavy atom. The molecule has 0 spiro atoms. The summed E-state index contributed by atoms with van der Waals surface area (Å²) in [6, 6.07) is 10.2. The highest BCUT2D eigenvalue weighted by molar-refractivity contribution is 5.86. The first-order valence-corrected chi connectivity index (χ1v) is 9.44. The van der Waals surface area contributed by atoms with E-state index in [4.69, 9.17) is 4.74 Å². The number of anilines is 1. The molecule has 0 aliphatic carbocycles. The first-order valence-electron chi connectivity index (χ1n) is 9.44. The van der Waals surface area contributed by atoms with Gasteiger partial charge in [0.25, 0.3) is 0 Å². The number of nitrogens with zero attached hydrogens (tertiary/aromatic N) is 2. The van der Waals surface area contributed by atoms with Crippen molar-refractivity contribution in [3.8, 4) is 0 Å². The van der Waals surface area contributed by atoms with Crippen LogP contribution in [-0.2, 0) is 14.3 Å². The van der Waals surface area contributed by atoms with Gasteiger partial charge in [-0.15, -0.1) is 0 Å². The van der Waals surface area contributed by atoms with Crippen LogP contribution in [-0.4, -0.2) is 62.1 Å². The maximum absolute atomic E-state index is 12.3. The van der Waals surface area contributed by atoms with Crippen LogP contribution in [0.3, 0.4) is 0 Å². The molecular formula is C20H31N3O3. The summed E-state index contributed by atoms with van der Waals surface area (Å²) in [6.07, 6.45) is 0.388. The third kappa shape index (κ3) is 6.33. The molecule has 1 aliphatic heterocycles. The predicted octanol–water partition coefficient (Wildman–Crippen LogP) is 1.90. The average Bonchev–Trinajstić information content (AvgIpc) is 2.66. The van der Waals surface area contributed by atoms with E-state index >= 15 is 0 Å². The zero-order valence-electron chi connectivity index (χ0n) is 16.1. The van der Waals surface area contributed by atoms with Crippen LogP contribution < -0.4 is 10.2 Å². The zero-order chi connectivity index (χ0) is 18.9. The summed E-state index contributed by atoms with van der Waals surface area (Å²) < 4.78 is 5.51. The van der Waals surface area contributed by atoms with E-state index in [-0.39, 0.29) is 18.4 Å². The second kappa shape index (κ2) is 10.2.